The summed E-state index contributed by atoms with van der Waals surface area (Å²) >= 11 is 0. The van der Waals surface area contributed by atoms with Gasteiger partial charge in [-0.15, -0.1) is 0 Å². The van der Waals surface area contributed by atoms with E-state index in [-0.39, 0.29) is 18.8 Å². The Bertz CT molecular complexity index is 596. The van der Waals surface area contributed by atoms with Crippen molar-refractivity contribution in [3.8, 4) is 0 Å². The first-order valence-corrected chi connectivity index (χ1v) is 5.60. The average Bonchev–Trinajstić information content (AvgIpc) is 2.38. The topological polar surface area (TPSA) is 69.2 Å². The van der Waals surface area contributed by atoms with Crippen LogP contribution in [0.25, 0.3) is 11.0 Å². The molecule has 2 aromatic rings. The smallest absolute Gasteiger partial charge is 0.313 e. The van der Waals surface area contributed by atoms with Gasteiger partial charge in [0.2, 0.25) is 0 Å². The van der Waals surface area contributed by atoms with Crippen LogP contribution in [0.5, 0.6) is 0 Å². The fraction of sp³-hybridized carbons (Fsp3) is 0.231. The standard InChI is InChI=1S/C13H12N2O3/c1-2-18-13(17)8-12(16)9-3-4-10-11(7-9)15-6-5-14-10/h3-7H,2,8H2,1H3. The van der Waals surface area contributed by atoms with Gasteiger partial charge in [-0.3, -0.25) is 19.6 Å². The SMILES string of the molecule is CCOC(=O)CC(=O)c1ccc2nccnc2c1. The van der Waals surface area contributed by atoms with Gasteiger partial charge in [0, 0.05) is 18.0 Å². The summed E-state index contributed by atoms with van der Waals surface area (Å²) in [6.07, 6.45) is 2.89. The molecule has 0 atom stereocenters. The largest absolute Gasteiger partial charge is 0.466 e. The molecule has 0 bridgehead atoms. The van der Waals surface area contributed by atoms with Crippen molar-refractivity contribution in [2.24, 2.45) is 0 Å². The number of ether oxygens (including phenoxy) is 1. The molecule has 92 valence electrons. The molecule has 0 N–H and O–H groups in total. The highest BCUT2D eigenvalue weighted by Crippen LogP contribution is 2.12. The van der Waals surface area contributed by atoms with Gasteiger partial charge >= 0.3 is 5.97 Å². The number of nitrogens with zero attached hydrogens (tertiary/aromatic N) is 2. The second kappa shape index (κ2) is 5.35. The molecule has 1 heterocycles. The summed E-state index contributed by atoms with van der Waals surface area (Å²) in [5, 5.41) is 0. The van der Waals surface area contributed by atoms with Gasteiger partial charge < -0.3 is 4.74 Å². The number of Topliss-reactive ketones (excluding diaryl/α,β-unsaturated/α-hetero) is 1. The summed E-state index contributed by atoms with van der Waals surface area (Å²) in [5.74, 6) is -0.789. The Morgan fingerprint density at radius 3 is 2.61 bits per heavy atom. The summed E-state index contributed by atoms with van der Waals surface area (Å²) in [7, 11) is 0. The number of fused-ring (bicyclic) bond motifs is 1. The first-order chi connectivity index (χ1) is 8.70. The van der Waals surface area contributed by atoms with Crippen molar-refractivity contribution >= 4 is 22.8 Å². The molecule has 5 nitrogen and oxygen atoms in total. The van der Waals surface area contributed by atoms with Gasteiger partial charge in [0.05, 0.1) is 17.6 Å². The van der Waals surface area contributed by atoms with Crippen LogP contribution in [0.1, 0.15) is 23.7 Å². The fourth-order valence-corrected chi connectivity index (χ4v) is 1.58. The number of carbonyl (C=O) groups excluding carboxylic acids is 2. The number of rotatable bonds is 4. The minimum atomic E-state index is -0.512. The molecule has 0 saturated heterocycles. The molecular formula is C13H12N2O3. The number of carbonyl (C=O) groups is 2. The van der Waals surface area contributed by atoms with Gasteiger partial charge in [0.15, 0.2) is 5.78 Å². The van der Waals surface area contributed by atoms with Crippen molar-refractivity contribution in [1.29, 1.82) is 0 Å². The lowest BCUT2D eigenvalue weighted by atomic mass is 10.1. The van der Waals surface area contributed by atoms with E-state index in [2.05, 4.69) is 9.97 Å². The Labute approximate surface area is 104 Å². The van der Waals surface area contributed by atoms with Gasteiger partial charge in [-0.2, -0.15) is 0 Å². The Morgan fingerprint density at radius 1 is 1.17 bits per heavy atom. The van der Waals surface area contributed by atoms with Crippen LogP contribution in [-0.4, -0.2) is 28.3 Å². The third-order valence-corrected chi connectivity index (χ3v) is 2.40. The number of hydrogen-bond donors (Lipinski definition) is 0. The zero-order valence-electron chi connectivity index (χ0n) is 9.92. The van der Waals surface area contributed by atoms with Crippen molar-refractivity contribution in [3.63, 3.8) is 0 Å². The molecule has 18 heavy (non-hydrogen) atoms. The van der Waals surface area contributed by atoms with Gasteiger partial charge in [0.1, 0.15) is 6.42 Å². The molecule has 0 aliphatic carbocycles. The summed E-state index contributed by atoms with van der Waals surface area (Å²) in [5.41, 5.74) is 1.79. The second-order valence-electron chi connectivity index (χ2n) is 3.66. The molecule has 0 amide bonds. The Kier molecular flexibility index (Phi) is 3.62. The number of ketones is 1. The van der Waals surface area contributed by atoms with Gasteiger partial charge in [-0.05, 0) is 25.1 Å². The van der Waals surface area contributed by atoms with E-state index in [9.17, 15) is 9.59 Å². The zero-order chi connectivity index (χ0) is 13.0. The first-order valence-electron chi connectivity index (χ1n) is 5.60. The van der Waals surface area contributed by atoms with Crippen LogP contribution in [-0.2, 0) is 9.53 Å². The number of esters is 1. The molecule has 1 aromatic heterocycles. The summed E-state index contributed by atoms with van der Waals surface area (Å²) in [6.45, 7) is 1.98. The minimum absolute atomic E-state index is 0.250. The third-order valence-electron chi connectivity index (χ3n) is 2.40. The quantitative estimate of drug-likeness (QED) is 0.465. The molecule has 0 aliphatic rings. The molecule has 0 saturated carbocycles. The number of benzene rings is 1. The molecule has 0 fully saturated rings. The van der Waals surface area contributed by atoms with Gasteiger partial charge in [-0.25, -0.2) is 0 Å². The van der Waals surface area contributed by atoms with Crippen LogP contribution >= 0.6 is 0 Å². The van der Waals surface area contributed by atoms with Crippen LogP contribution in [0.15, 0.2) is 30.6 Å². The van der Waals surface area contributed by atoms with E-state index in [0.717, 1.165) is 0 Å². The minimum Gasteiger partial charge on any atom is -0.466 e. The highest BCUT2D eigenvalue weighted by molar-refractivity contribution is 6.07. The molecule has 2 rings (SSSR count). The van der Waals surface area contributed by atoms with Crippen LogP contribution in [0.4, 0.5) is 0 Å². The van der Waals surface area contributed by atoms with E-state index >= 15 is 0 Å². The lowest BCUT2D eigenvalue weighted by molar-refractivity contribution is -0.141. The normalized spacial score (nSPS) is 10.3. The molecular weight excluding hydrogens is 232 g/mol. The maximum absolute atomic E-state index is 11.8. The summed E-state index contributed by atoms with van der Waals surface area (Å²) < 4.78 is 4.73. The Morgan fingerprint density at radius 2 is 1.89 bits per heavy atom. The fourth-order valence-electron chi connectivity index (χ4n) is 1.58. The molecule has 0 aliphatic heterocycles. The van der Waals surface area contributed by atoms with Crippen molar-refractivity contribution in [2.75, 3.05) is 6.61 Å². The number of hydrogen-bond acceptors (Lipinski definition) is 5. The van der Waals surface area contributed by atoms with Crippen LogP contribution in [0.2, 0.25) is 0 Å². The molecule has 5 heteroatoms. The predicted molar refractivity (Wildman–Crippen MR) is 65.1 cm³/mol. The van der Waals surface area contributed by atoms with E-state index in [1.807, 2.05) is 0 Å². The number of aromatic nitrogens is 2. The van der Waals surface area contributed by atoms with Crippen molar-refractivity contribution in [1.82, 2.24) is 9.97 Å². The van der Waals surface area contributed by atoms with Crippen LogP contribution < -0.4 is 0 Å². The van der Waals surface area contributed by atoms with E-state index in [4.69, 9.17) is 4.74 Å². The summed E-state index contributed by atoms with van der Waals surface area (Å²) in [6, 6.07) is 4.98. The first kappa shape index (κ1) is 12.2. The third kappa shape index (κ3) is 2.68. The second-order valence-corrected chi connectivity index (χ2v) is 3.66. The van der Waals surface area contributed by atoms with Crippen LogP contribution in [0.3, 0.4) is 0 Å². The van der Waals surface area contributed by atoms with Crippen LogP contribution in [0, 0.1) is 0 Å². The monoisotopic (exact) mass is 244 g/mol. The highest BCUT2D eigenvalue weighted by Gasteiger charge is 2.13. The Hall–Kier alpha value is -2.30. The predicted octanol–water partition coefficient (Wildman–Crippen LogP) is 1.77. The lowest BCUT2D eigenvalue weighted by Gasteiger charge is -2.02. The van der Waals surface area contributed by atoms with E-state index in [1.54, 1.807) is 37.5 Å². The molecule has 0 unspecified atom stereocenters. The maximum Gasteiger partial charge on any atom is 0.313 e. The molecule has 1 aromatic carbocycles. The van der Waals surface area contributed by atoms with E-state index < -0.39 is 5.97 Å². The van der Waals surface area contributed by atoms with Crippen molar-refractivity contribution < 1.29 is 14.3 Å². The zero-order valence-corrected chi connectivity index (χ0v) is 9.92. The van der Waals surface area contributed by atoms with Crippen molar-refractivity contribution in [2.45, 2.75) is 13.3 Å². The van der Waals surface area contributed by atoms with Gasteiger partial charge in [0.25, 0.3) is 0 Å². The molecule has 0 radical (unpaired) electrons. The average molecular weight is 244 g/mol. The van der Waals surface area contributed by atoms with E-state index in [0.29, 0.717) is 16.6 Å². The van der Waals surface area contributed by atoms with Crippen molar-refractivity contribution in [3.05, 3.63) is 36.2 Å². The molecule has 0 spiro atoms. The van der Waals surface area contributed by atoms with Gasteiger partial charge in [-0.1, -0.05) is 0 Å². The highest BCUT2D eigenvalue weighted by atomic mass is 16.5. The Balaban J connectivity index is 2.20. The maximum atomic E-state index is 11.8. The lowest BCUT2D eigenvalue weighted by Crippen LogP contribution is -2.11. The van der Waals surface area contributed by atoms with E-state index in [1.165, 1.54) is 0 Å². The summed E-state index contributed by atoms with van der Waals surface area (Å²) in [4.78, 5) is 31.3.